The van der Waals surface area contributed by atoms with E-state index in [9.17, 15) is 4.79 Å². The maximum absolute atomic E-state index is 12.6. The Bertz CT molecular complexity index is 560. The van der Waals surface area contributed by atoms with Crippen molar-refractivity contribution in [1.82, 2.24) is 0 Å². The Balaban J connectivity index is 2.48. The van der Waals surface area contributed by atoms with Crippen molar-refractivity contribution >= 4 is 28.8 Å². The number of fused-ring (bicyclic) bond motifs is 1. The smallest absolute Gasteiger partial charge is 0.227 e. The molecule has 0 spiro atoms. The minimum Gasteiger partial charge on any atom is -0.303 e. The number of amides is 1. The van der Waals surface area contributed by atoms with Crippen LogP contribution in [-0.2, 0) is 4.79 Å². The Morgan fingerprint density at radius 1 is 1.30 bits per heavy atom. The van der Waals surface area contributed by atoms with E-state index in [1.165, 1.54) is 11.1 Å². The lowest BCUT2D eigenvalue weighted by Crippen LogP contribution is -2.48. The normalized spacial score (nSPS) is 16.6. The molecular weight excluding hydrogens is 270 g/mol. The minimum absolute atomic E-state index is 0.143. The number of nitrogens with zero attached hydrogens (tertiary/aromatic N) is 1. The fourth-order valence-corrected chi connectivity index (χ4v) is 3.06. The van der Waals surface area contributed by atoms with Crippen LogP contribution in [-0.4, -0.2) is 17.3 Å². The third kappa shape index (κ3) is 2.76. The van der Waals surface area contributed by atoms with Gasteiger partial charge in [0.2, 0.25) is 5.91 Å². The quantitative estimate of drug-likeness (QED) is 0.749. The van der Waals surface area contributed by atoms with Crippen LogP contribution in [0.1, 0.15) is 44.7 Å². The van der Waals surface area contributed by atoms with Gasteiger partial charge in [0, 0.05) is 17.9 Å². The van der Waals surface area contributed by atoms with E-state index >= 15 is 0 Å². The van der Waals surface area contributed by atoms with Crippen LogP contribution < -0.4 is 4.90 Å². The second-order valence-corrected chi connectivity index (χ2v) is 6.40. The van der Waals surface area contributed by atoms with Crippen LogP contribution in [0.4, 0.5) is 5.69 Å². The van der Waals surface area contributed by atoms with Gasteiger partial charge in [-0.25, -0.2) is 0 Å². The first-order chi connectivity index (χ1) is 9.36. The lowest BCUT2D eigenvalue weighted by atomic mass is 9.87. The molecule has 1 aliphatic heterocycles. The molecule has 2 nitrogen and oxygen atoms in total. The number of carbonyl (C=O) groups is 1. The van der Waals surface area contributed by atoms with E-state index in [4.69, 9.17) is 11.6 Å². The van der Waals surface area contributed by atoms with E-state index in [0.717, 1.165) is 17.7 Å². The van der Waals surface area contributed by atoms with Crippen molar-refractivity contribution in [2.45, 2.75) is 46.1 Å². The average Bonchev–Trinajstić information content (AvgIpc) is 2.36. The Labute approximate surface area is 126 Å². The van der Waals surface area contributed by atoms with E-state index in [0.29, 0.717) is 12.3 Å². The fourth-order valence-electron chi connectivity index (χ4n) is 2.93. The molecule has 0 aliphatic carbocycles. The monoisotopic (exact) mass is 291 g/mol. The third-order valence-electron chi connectivity index (χ3n) is 3.74. The molecule has 0 saturated heterocycles. The first kappa shape index (κ1) is 15.1. The fraction of sp³-hybridized carbons (Fsp3) is 0.471. The second kappa shape index (κ2) is 5.61. The zero-order chi connectivity index (χ0) is 14.9. The van der Waals surface area contributed by atoms with E-state index in [1.54, 1.807) is 0 Å². The molecule has 0 bridgehead atoms. The van der Waals surface area contributed by atoms with Gasteiger partial charge in [-0.2, -0.15) is 0 Å². The van der Waals surface area contributed by atoms with Crippen LogP contribution in [0.2, 0.25) is 0 Å². The van der Waals surface area contributed by atoms with Crippen molar-refractivity contribution in [3.63, 3.8) is 0 Å². The van der Waals surface area contributed by atoms with Crippen LogP contribution in [0.25, 0.3) is 5.57 Å². The van der Waals surface area contributed by atoms with Gasteiger partial charge >= 0.3 is 0 Å². The zero-order valence-corrected chi connectivity index (χ0v) is 13.4. The Kier molecular flexibility index (Phi) is 4.24. The van der Waals surface area contributed by atoms with Crippen molar-refractivity contribution < 1.29 is 4.79 Å². The van der Waals surface area contributed by atoms with E-state index in [1.807, 2.05) is 4.90 Å². The summed E-state index contributed by atoms with van der Waals surface area (Å²) in [5.74, 6) is 0.667. The van der Waals surface area contributed by atoms with E-state index in [-0.39, 0.29) is 11.4 Å². The summed E-state index contributed by atoms with van der Waals surface area (Å²) in [6, 6.07) is 6.27. The van der Waals surface area contributed by atoms with E-state index < -0.39 is 0 Å². The van der Waals surface area contributed by atoms with Crippen molar-refractivity contribution in [1.29, 1.82) is 0 Å². The first-order valence-corrected chi connectivity index (χ1v) is 7.60. The maximum atomic E-state index is 12.6. The van der Waals surface area contributed by atoms with Crippen LogP contribution in [0, 0.1) is 6.92 Å². The van der Waals surface area contributed by atoms with Gasteiger partial charge in [0.25, 0.3) is 0 Å². The molecule has 1 aromatic carbocycles. The van der Waals surface area contributed by atoms with Gasteiger partial charge in [-0.15, -0.1) is 11.6 Å². The van der Waals surface area contributed by atoms with Crippen molar-refractivity contribution in [2.75, 3.05) is 10.8 Å². The summed E-state index contributed by atoms with van der Waals surface area (Å²) in [6.07, 6.45) is 3.39. The molecular formula is C17H22ClNO. The molecule has 20 heavy (non-hydrogen) atoms. The number of halogens is 1. The van der Waals surface area contributed by atoms with Crippen molar-refractivity contribution in [3.05, 3.63) is 35.4 Å². The highest BCUT2D eigenvalue weighted by atomic mass is 35.5. The van der Waals surface area contributed by atoms with Gasteiger partial charge in [0.05, 0.1) is 11.2 Å². The standard InChI is InChI=1S/C17H22ClNO/c1-12-7-8-15-14(10-12)13(2)11-17(3,4)19(15)16(20)6-5-9-18/h7-8,10-11H,5-6,9H2,1-4H3. The SMILES string of the molecule is CC1=CC(C)(C)N(C(=O)CCCCl)c2ccc(C)cc21. The number of allylic oxidation sites excluding steroid dienone is 1. The van der Waals surface area contributed by atoms with Gasteiger partial charge < -0.3 is 4.90 Å². The Hall–Kier alpha value is -1.28. The molecule has 0 unspecified atom stereocenters. The third-order valence-corrected chi connectivity index (χ3v) is 4.00. The molecule has 3 heteroatoms. The molecule has 1 amide bonds. The number of hydrogen-bond acceptors (Lipinski definition) is 1. The van der Waals surface area contributed by atoms with Crippen molar-refractivity contribution in [3.8, 4) is 0 Å². The molecule has 108 valence electrons. The Morgan fingerprint density at radius 3 is 2.65 bits per heavy atom. The highest BCUT2D eigenvalue weighted by Gasteiger charge is 2.35. The second-order valence-electron chi connectivity index (χ2n) is 6.02. The summed E-state index contributed by atoms with van der Waals surface area (Å²) in [7, 11) is 0. The van der Waals surface area contributed by atoms with Gasteiger partial charge in [0.1, 0.15) is 0 Å². The number of aryl methyl sites for hydroxylation is 1. The van der Waals surface area contributed by atoms with Crippen LogP contribution in [0.3, 0.4) is 0 Å². The first-order valence-electron chi connectivity index (χ1n) is 7.06. The predicted molar refractivity (Wildman–Crippen MR) is 86.3 cm³/mol. The topological polar surface area (TPSA) is 20.3 Å². The summed E-state index contributed by atoms with van der Waals surface area (Å²) < 4.78 is 0. The number of rotatable bonds is 3. The molecule has 0 atom stereocenters. The van der Waals surface area contributed by atoms with Crippen molar-refractivity contribution in [2.24, 2.45) is 0 Å². The molecule has 2 rings (SSSR count). The number of benzene rings is 1. The highest BCUT2D eigenvalue weighted by Crippen LogP contribution is 2.39. The van der Waals surface area contributed by atoms with Gasteiger partial charge in [-0.05, 0) is 51.8 Å². The molecule has 0 aromatic heterocycles. The van der Waals surface area contributed by atoms with Crippen LogP contribution in [0.5, 0.6) is 0 Å². The highest BCUT2D eigenvalue weighted by molar-refractivity contribution is 6.18. The zero-order valence-electron chi connectivity index (χ0n) is 12.7. The molecule has 0 radical (unpaired) electrons. The molecule has 1 heterocycles. The summed E-state index contributed by atoms with van der Waals surface area (Å²) in [6.45, 7) is 8.35. The molecule has 1 aliphatic rings. The lowest BCUT2D eigenvalue weighted by Gasteiger charge is -2.41. The summed E-state index contributed by atoms with van der Waals surface area (Å²) in [4.78, 5) is 14.5. The van der Waals surface area contributed by atoms with Crippen LogP contribution in [0.15, 0.2) is 24.3 Å². The molecule has 1 aromatic rings. The predicted octanol–water partition coefficient (Wildman–Crippen LogP) is 4.54. The number of carbonyl (C=O) groups excluding carboxylic acids is 1. The Morgan fingerprint density at radius 2 is 2.00 bits per heavy atom. The molecule has 0 saturated carbocycles. The minimum atomic E-state index is -0.296. The largest absolute Gasteiger partial charge is 0.303 e. The number of hydrogen-bond donors (Lipinski definition) is 0. The maximum Gasteiger partial charge on any atom is 0.227 e. The number of alkyl halides is 1. The summed E-state index contributed by atoms with van der Waals surface area (Å²) in [5.41, 5.74) is 4.32. The summed E-state index contributed by atoms with van der Waals surface area (Å²) >= 11 is 5.72. The average molecular weight is 292 g/mol. The summed E-state index contributed by atoms with van der Waals surface area (Å²) in [5, 5.41) is 0. The van der Waals surface area contributed by atoms with Crippen LogP contribution >= 0.6 is 11.6 Å². The van der Waals surface area contributed by atoms with E-state index in [2.05, 4.69) is 52.0 Å². The number of anilines is 1. The van der Waals surface area contributed by atoms with Gasteiger partial charge in [-0.1, -0.05) is 17.7 Å². The molecule has 0 N–H and O–H groups in total. The molecule has 0 fully saturated rings. The van der Waals surface area contributed by atoms with Gasteiger partial charge in [-0.3, -0.25) is 4.79 Å². The van der Waals surface area contributed by atoms with Gasteiger partial charge in [0.15, 0.2) is 0 Å². The lowest BCUT2D eigenvalue weighted by molar-refractivity contribution is -0.119.